The van der Waals surface area contributed by atoms with Crippen LogP contribution in [-0.2, 0) is 6.42 Å². The summed E-state index contributed by atoms with van der Waals surface area (Å²) in [5.74, 6) is -0.0739. The predicted molar refractivity (Wildman–Crippen MR) is 106 cm³/mol. The summed E-state index contributed by atoms with van der Waals surface area (Å²) in [6.07, 6.45) is 2.89. The molecule has 1 fully saturated rings. The fraction of sp³-hybridized carbons (Fsp3) is 0.381. The average molecular weight is 386 g/mol. The molecule has 0 radical (unpaired) electrons. The van der Waals surface area contributed by atoms with Crippen LogP contribution in [0.4, 0.5) is 0 Å². The minimum atomic E-state index is -0.546. The zero-order valence-corrected chi connectivity index (χ0v) is 15.9. The molecule has 1 saturated heterocycles. The second kappa shape index (κ2) is 7.50. The SMILES string of the molecule is NC(=O)c1cc(Cl)ccc1O[C@@H]1c2ccccc2C[C@H]1N1CCC[C@@H](N)C1. The van der Waals surface area contributed by atoms with Gasteiger partial charge in [0.2, 0.25) is 0 Å². The van der Waals surface area contributed by atoms with Crippen LogP contribution in [0.5, 0.6) is 5.75 Å². The molecule has 0 spiro atoms. The number of benzene rings is 2. The molecule has 0 bridgehead atoms. The van der Waals surface area contributed by atoms with Gasteiger partial charge in [0.15, 0.2) is 0 Å². The molecule has 4 N–H and O–H groups in total. The molecule has 3 atom stereocenters. The van der Waals surface area contributed by atoms with Crippen molar-refractivity contribution in [1.29, 1.82) is 0 Å². The number of primary amides is 1. The van der Waals surface area contributed by atoms with Gasteiger partial charge in [-0.25, -0.2) is 0 Å². The second-order valence-electron chi connectivity index (χ2n) is 7.41. The van der Waals surface area contributed by atoms with E-state index < -0.39 is 5.91 Å². The molecule has 2 aliphatic rings. The van der Waals surface area contributed by atoms with E-state index in [2.05, 4.69) is 23.1 Å². The van der Waals surface area contributed by atoms with Gasteiger partial charge in [0, 0.05) is 17.6 Å². The molecule has 27 heavy (non-hydrogen) atoms. The number of nitrogens with two attached hydrogens (primary N) is 2. The third kappa shape index (κ3) is 3.68. The number of fused-ring (bicyclic) bond motifs is 1. The number of ether oxygens (including phenoxy) is 1. The molecule has 5 nitrogen and oxygen atoms in total. The summed E-state index contributed by atoms with van der Waals surface area (Å²) in [4.78, 5) is 14.3. The third-order valence-corrected chi connectivity index (χ3v) is 5.79. The highest BCUT2D eigenvalue weighted by molar-refractivity contribution is 6.31. The number of piperidine rings is 1. The summed E-state index contributed by atoms with van der Waals surface area (Å²) < 4.78 is 6.41. The van der Waals surface area contributed by atoms with Gasteiger partial charge in [0.05, 0.1) is 11.6 Å². The number of carbonyl (C=O) groups is 1. The summed E-state index contributed by atoms with van der Waals surface area (Å²) in [5.41, 5.74) is 14.5. The summed E-state index contributed by atoms with van der Waals surface area (Å²) >= 11 is 6.04. The predicted octanol–water partition coefficient (Wildman–Crippen LogP) is 2.91. The summed E-state index contributed by atoms with van der Waals surface area (Å²) in [7, 11) is 0. The van der Waals surface area contributed by atoms with Crippen LogP contribution in [0.2, 0.25) is 5.02 Å². The largest absolute Gasteiger partial charge is 0.483 e. The molecule has 2 aromatic rings. The zero-order chi connectivity index (χ0) is 19.0. The first-order chi connectivity index (χ1) is 13.0. The standard InChI is InChI=1S/C21H24ClN3O2/c22-14-7-8-19(17(11-14)21(24)26)27-20-16-6-2-1-4-13(16)10-18(20)25-9-3-5-15(23)12-25/h1-2,4,6-8,11,15,18,20H,3,5,9-10,12,23H2,(H2,24,26)/t15-,18-,20-/m1/s1. The minimum absolute atomic E-state index is 0.175. The van der Waals surface area contributed by atoms with Crippen molar-refractivity contribution in [3.8, 4) is 5.75 Å². The van der Waals surface area contributed by atoms with E-state index in [0.717, 1.165) is 37.9 Å². The maximum Gasteiger partial charge on any atom is 0.252 e. The van der Waals surface area contributed by atoms with Gasteiger partial charge in [-0.1, -0.05) is 35.9 Å². The molecule has 2 aromatic carbocycles. The average Bonchev–Trinajstić information content (AvgIpc) is 3.02. The highest BCUT2D eigenvalue weighted by Gasteiger charge is 2.39. The van der Waals surface area contributed by atoms with Gasteiger partial charge in [-0.2, -0.15) is 0 Å². The van der Waals surface area contributed by atoms with Crippen molar-refractivity contribution in [3.63, 3.8) is 0 Å². The Balaban J connectivity index is 1.68. The van der Waals surface area contributed by atoms with Crippen LogP contribution >= 0.6 is 11.6 Å². The molecule has 6 heteroatoms. The van der Waals surface area contributed by atoms with Gasteiger partial charge in [-0.15, -0.1) is 0 Å². The first kappa shape index (κ1) is 18.3. The van der Waals surface area contributed by atoms with Gasteiger partial charge >= 0.3 is 0 Å². The molecule has 142 valence electrons. The molecule has 1 aliphatic heterocycles. The van der Waals surface area contributed by atoms with Gasteiger partial charge in [-0.05, 0) is 55.1 Å². The smallest absolute Gasteiger partial charge is 0.252 e. The Morgan fingerprint density at radius 2 is 2.04 bits per heavy atom. The topological polar surface area (TPSA) is 81.6 Å². The number of rotatable bonds is 4. The van der Waals surface area contributed by atoms with Gasteiger partial charge < -0.3 is 16.2 Å². The lowest BCUT2D eigenvalue weighted by Gasteiger charge is -2.38. The Labute approximate surface area is 164 Å². The lowest BCUT2D eigenvalue weighted by atomic mass is 10.0. The van der Waals surface area contributed by atoms with Gasteiger partial charge in [0.25, 0.3) is 5.91 Å². The van der Waals surface area contributed by atoms with E-state index in [1.165, 1.54) is 5.56 Å². The van der Waals surface area contributed by atoms with Crippen molar-refractivity contribution in [2.45, 2.75) is 37.5 Å². The van der Waals surface area contributed by atoms with Crippen LogP contribution in [0.25, 0.3) is 0 Å². The first-order valence-corrected chi connectivity index (χ1v) is 9.74. The Morgan fingerprint density at radius 1 is 1.22 bits per heavy atom. The first-order valence-electron chi connectivity index (χ1n) is 9.36. The monoisotopic (exact) mass is 385 g/mol. The summed E-state index contributed by atoms with van der Waals surface area (Å²) in [6.45, 7) is 1.87. The van der Waals surface area contributed by atoms with E-state index in [1.807, 2.05) is 6.07 Å². The van der Waals surface area contributed by atoms with E-state index in [4.69, 9.17) is 27.8 Å². The lowest BCUT2D eigenvalue weighted by Crippen LogP contribution is -2.49. The van der Waals surface area contributed by atoms with Crippen molar-refractivity contribution in [2.75, 3.05) is 13.1 Å². The van der Waals surface area contributed by atoms with Crippen molar-refractivity contribution in [2.24, 2.45) is 11.5 Å². The maximum atomic E-state index is 11.9. The lowest BCUT2D eigenvalue weighted by molar-refractivity contribution is 0.0585. The van der Waals surface area contributed by atoms with Crippen LogP contribution in [-0.4, -0.2) is 36.0 Å². The van der Waals surface area contributed by atoms with Crippen LogP contribution in [0.1, 0.15) is 40.4 Å². The molecule has 0 saturated carbocycles. The Bertz CT molecular complexity index is 857. The number of hydrogen-bond acceptors (Lipinski definition) is 4. The van der Waals surface area contributed by atoms with E-state index >= 15 is 0 Å². The highest BCUT2D eigenvalue weighted by atomic mass is 35.5. The Morgan fingerprint density at radius 3 is 2.81 bits per heavy atom. The number of amides is 1. The van der Waals surface area contributed by atoms with Gasteiger partial charge in [0.1, 0.15) is 11.9 Å². The zero-order valence-electron chi connectivity index (χ0n) is 15.1. The van der Waals surface area contributed by atoms with Crippen LogP contribution in [0, 0.1) is 0 Å². The Hall–Kier alpha value is -2.08. The fourth-order valence-corrected chi connectivity index (χ4v) is 4.45. The third-order valence-electron chi connectivity index (χ3n) is 5.56. The Kier molecular flexibility index (Phi) is 5.08. The molecule has 0 unspecified atom stereocenters. The van der Waals surface area contributed by atoms with Crippen LogP contribution in [0.3, 0.4) is 0 Å². The van der Waals surface area contributed by atoms with Crippen molar-refractivity contribution >= 4 is 17.5 Å². The van der Waals surface area contributed by atoms with E-state index in [9.17, 15) is 4.79 Å². The van der Waals surface area contributed by atoms with Crippen LogP contribution < -0.4 is 16.2 Å². The van der Waals surface area contributed by atoms with E-state index in [-0.39, 0.29) is 18.2 Å². The van der Waals surface area contributed by atoms with Crippen LogP contribution in [0.15, 0.2) is 42.5 Å². The minimum Gasteiger partial charge on any atom is -0.483 e. The highest BCUT2D eigenvalue weighted by Crippen LogP contribution is 2.39. The second-order valence-corrected chi connectivity index (χ2v) is 7.85. The molecule has 1 aliphatic carbocycles. The maximum absolute atomic E-state index is 11.9. The molecule has 1 heterocycles. The molecular formula is C21H24ClN3O2. The van der Waals surface area contributed by atoms with Gasteiger partial charge in [-0.3, -0.25) is 9.69 Å². The molecular weight excluding hydrogens is 362 g/mol. The molecule has 4 rings (SSSR count). The number of carbonyl (C=O) groups excluding carboxylic acids is 1. The van der Waals surface area contributed by atoms with Crippen molar-refractivity contribution in [3.05, 3.63) is 64.2 Å². The number of hydrogen-bond donors (Lipinski definition) is 2. The number of likely N-dealkylation sites (tertiary alicyclic amines) is 1. The molecule has 0 aromatic heterocycles. The molecule has 1 amide bonds. The number of nitrogens with zero attached hydrogens (tertiary/aromatic N) is 1. The quantitative estimate of drug-likeness (QED) is 0.847. The van der Waals surface area contributed by atoms with Crippen molar-refractivity contribution in [1.82, 2.24) is 4.90 Å². The number of halogens is 1. The fourth-order valence-electron chi connectivity index (χ4n) is 4.28. The summed E-state index contributed by atoms with van der Waals surface area (Å²) in [5, 5.41) is 0.460. The summed E-state index contributed by atoms with van der Waals surface area (Å²) in [6, 6.07) is 13.7. The normalized spacial score (nSPS) is 25.2. The van der Waals surface area contributed by atoms with E-state index in [1.54, 1.807) is 18.2 Å². The van der Waals surface area contributed by atoms with Crippen molar-refractivity contribution < 1.29 is 9.53 Å². The van der Waals surface area contributed by atoms with E-state index in [0.29, 0.717) is 16.3 Å².